The van der Waals surface area contributed by atoms with Gasteiger partial charge in [0.15, 0.2) is 6.61 Å². The van der Waals surface area contributed by atoms with Crippen LogP contribution in [0.4, 0.5) is 5.69 Å². The van der Waals surface area contributed by atoms with E-state index in [9.17, 15) is 9.90 Å². The van der Waals surface area contributed by atoms with E-state index < -0.39 is 5.91 Å². The van der Waals surface area contributed by atoms with Gasteiger partial charge >= 0.3 is 0 Å². The zero-order valence-electron chi connectivity index (χ0n) is 11.2. The highest BCUT2D eigenvalue weighted by molar-refractivity contribution is 9.10. The van der Waals surface area contributed by atoms with E-state index in [0.29, 0.717) is 16.8 Å². The van der Waals surface area contributed by atoms with E-state index in [0.717, 1.165) is 11.3 Å². The molecule has 0 aromatic heterocycles. The number of carbonyl (C=O) groups is 1. The third kappa shape index (κ3) is 4.68. The number of carbonyl (C=O) groups excluding carboxylic acids is 1. The predicted octanol–water partition coefficient (Wildman–Crippen LogP) is 2.63. The fraction of sp³-hybridized carbons (Fsp3) is 0.133. The number of aromatic hydroxyl groups is 1. The van der Waals surface area contributed by atoms with Crippen molar-refractivity contribution >= 4 is 27.5 Å². The molecule has 5 nitrogen and oxygen atoms in total. The summed E-state index contributed by atoms with van der Waals surface area (Å²) in [5.41, 5.74) is 6.91. The molecule has 4 N–H and O–H groups in total. The van der Waals surface area contributed by atoms with Gasteiger partial charge in [-0.25, -0.2) is 0 Å². The van der Waals surface area contributed by atoms with Gasteiger partial charge < -0.3 is 20.9 Å². The Balaban J connectivity index is 1.97. The van der Waals surface area contributed by atoms with Gasteiger partial charge in [0.25, 0.3) is 5.91 Å². The molecule has 6 heteroatoms. The summed E-state index contributed by atoms with van der Waals surface area (Å²) in [5, 5.41) is 12.7. The molecule has 0 fully saturated rings. The molecular formula is C15H15BrN2O3. The second kappa shape index (κ2) is 6.99. The molecule has 0 saturated carbocycles. The van der Waals surface area contributed by atoms with Gasteiger partial charge in [0.2, 0.25) is 0 Å². The lowest BCUT2D eigenvalue weighted by Crippen LogP contribution is -2.20. The van der Waals surface area contributed by atoms with Crippen molar-refractivity contribution in [3.63, 3.8) is 0 Å². The largest absolute Gasteiger partial charge is 0.507 e. The van der Waals surface area contributed by atoms with E-state index in [1.165, 1.54) is 0 Å². The van der Waals surface area contributed by atoms with Gasteiger partial charge in [-0.1, -0.05) is 12.1 Å². The van der Waals surface area contributed by atoms with E-state index in [1.807, 2.05) is 24.3 Å². The van der Waals surface area contributed by atoms with Gasteiger partial charge in [0.05, 0.1) is 4.47 Å². The minimum Gasteiger partial charge on any atom is -0.507 e. The summed E-state index contributed by atoms with van der Waals surface area (Å²) in [6, 6.07) is 12.6. The predicted molar refractivity (Wildman–Crippen MR) is 84.3 cm³/mol. The Morgan fingerprint density at radius 1 is 1.29 bits per heavy atom. The Kier molecular flexibility index (Phi) is 5.05. The highest BCUT2D eigenvalue weighted by atomic mass is 79.9. The first-order valence-corrected chi connectivity index (χ1v) is 7.06. The second-order valence-corrected chi connectivity index (χ2v) is 5.28. The number of hydrogen-bond acceptors (Lipinski definition) is 4. The lowest BCUT2D eigenvalue weighted by Gasteiger charge is -2.09. The first-order chi connectivity index (χ1) is 10.0. The molecule has 0 aliphatic carbocycles. The van der Waals surface area contributed by atoms with E-state index in [4.69, 9.17) is 10.5 Å². The minimum atomic E-state index is -0.512. The Bertz CT molecular complexity index is 647. The molecule has 2 rings (SSSR count). The van der Waals surface area contributed by atoms with Gasteiger partial charge in [0, 0.05) is 18.3 Å². The Morgan fingerprint density at radius 2 is 2.10 bits per heavy atom. The van der Waals surface area contributed by atoms with Crippen LogP contribution in [0.15, 0.2) is 46.9 Å². The highest BCUT2D eigenvalue weighted by Crippen LogP contribution is 2.25. The molecular weight excluding hydrogens is 336 g/mol. The molecule has 0 unspecified atom stereocenters. The summed E-state index contributed by atoms with van der Waals surface area (Å²) in [6.45, 7) is 0.451. The zero-order chi connectivity index (χ0) is 15.2. The average Bonchev–Trinajstić information content (AvgIpc) is 2.47. The van der Waals surface area contributed by atoms with Crippen molar-refractivity contribution in [2.24, 2.45) is 5.73 Å². The third-order valence-electron chi connectivity index (χ3n) is 2.72. The number of amides is 1. The van der Waals surface area contributed by atoms with Crippen LogP contribution in [0.2, 0.25) is 0 Å². The molecule has 2 aromatic rings. The van der Waals surface area contributed by atoms with E-state index in [2.05, 4.69) is 21.2 Å². The third-order valence-corrected chi connectivity index (χ3v) is 3.36. The van der Waals surface area contributed by atoms with Crippen molar-refractivity contribution in [2.75, 3.05) is 11.9 Å². The quantitative estimate of drug-likeness (QED) is 0.747. The number of benzene rings is 2. The number of rotatable bonds is 6. The number of ether oxygens (including phenoxy) is 1. The number of phenolic OH excluding ortho intramolecular Hbond substituents is 1. The normalized spacial score (nSPS) is 10.1. The maximum absolute atomic E-state index is 10.7. The Morgan fingerprint density at radius 3 is 2.81 bits per heavy atom. The number of halogens is 1. The van der Waals surface area contributed by atoms with Crippen LogP contribution >= 0.6 is 15.9 Å². The minimum absolute atomic E-state index is 0.144. The summed E-state index contributed by atoms with van der Waals surface area (Å²) in [5.74, 6) is 0.272. The van der Waals surface area contributed by atoms with E-state index in [-0.39, 0.29) is 12.4 Å². The first-order valence-electron chi connectivity index (χ1n) is 6.27. The number of phenols is 1. The van der Waals surface area contributed by atoms with Crippen molar-refractivity contribution in [2.45, 2.75) is 6.54 Å². The lowest BCUT2D eigenvalue weighted by atomic mass is 10.2. The zero-order valence-corrected chi connectivity index (χ0v) is 12.8. The summed E-state index contributed by atoms with van der Waals surface area (Å²) in [6.07, 6.45) is 0. The fourth-order valence-electron chi connectivity index (χ4n) is 1.71. The summed E-state index contributed by atoms with van der Waals surface area (Å²) < 4.78 is 5.89. The van der Waals surface area contributed by atoms with Gasteiger partial charge in [-0.05, 0) is 45.8 Å². The standard InChI is InChI=1S/C15H15BrN2O3/c16-13-6-10(4-5-14(13)19)8-18-11-2-1-3-12(7-11)21-9-15(17)20/h1-7,18-19H,8-9H2,(H2,17,20). The van der Waals surface area contributed by atoms with Crippen LogP contribution in [0.25, 0.3) is 0 Å². The van der Waals surface area contributed by atoms with Crippen molar-refractivity contribution in [1.82, 2.24) is 0 Å². The second-order valence-electron chi connectivity index (χ2n) is 4.42. The molecule has 0 bridgehead atoms. The highest BCUT2D eigenvalue weighted by Gasteiger charge is 2.02. The maximum Gasteiger partial charge on any atom is 0.255 e. The van der Waals surface area contributed by atoms with Crippen molar-refractivity contribution < 1.29 is 14.6 Å². The molecule has 0 radical (unpaired) electrons. The van der Waals surface area contributed by atoms with Crippen LogP contribution in [-0.4, -0.2) is 17.6 Å². The molecule has 0 spiro atoms. The molecule has 0 heterocycles. The maximum atomic E-state index is 10.7. The number of anilines is 1. The molecule has 0 aliphatic rings. The summed E-state index contributed by atoms with van der Waals surface area (Å²) >= 11 is 3.28. The monoisotopic (exact) mass is 350 g/mol. The van der Waals surface area contributed by atoms with Crippen LogP contribution in [0.3, 0.4) is 0 Å². The van der Waals surface area contributed by atoms with E-state index in [1.54, 1.807) is 18.2 Å². The topological polar surface area (TPSA) is 84.6 Å². The molecule has 0 saturated heterocycles. The Labute approximate surface area is 130 Å². The van der Waals surface area contributed by atoms with Crippen LogP contribution in [0, 0.1) is 0 Å². The average molecular weight is 351 g/mol. The SMILES string of the molecule is NC(=O)COc1cccc(NCc2ccc(O)c(Br)c2)c1. The van der Waals surface area contributed by atoms with Gasteiger partial charge in [-0.2, -0.15) is 0 Å². The smallest absolute Gasteiger partial charge is 0.255 e. The molecule has 2 aromatic carbocycles. The van der Waals surface area contributed by atoms with Gasteiger partial charge in [0.1, 0.15) is 11.5 Å². The molecule has 21 heavy (non-hydrogen) atoms. The molecule has 0 aliphatic heterocycles. The van der Waals surface area contributed by atoms with E-state index >= 15 is 0 Å². The molecule has 0 atom stereocenters. The Hall–Kier alpha value is -2.21. The van der Waals surface area contributed by atoms with Crippen LogP contribution in [0.1, 0.15) is 5.56 Å². The number of hydrogen-bond donors (Lipinski definition) is 3. The van der Waals surface area contributed by atoms with Crippen LogP contribution < -0.4 is 15.8 Å². The van der Waals surface area contributed by atoms with Crippen molar-refractivity contribution in [1.29, 1.82) is 0 Å². The molecule has 110 valence electrons. The number of primary amides is 1. The van der Waals surface area contributed by atoms with Crippen LogP contribution in [-0.2, 0) is 11.3 Å². The number of nitrogens with two attached hydrogens (primary N) is 1. The fourth-order valence-corrected chi connectivity index (χ4v) is 2.14. The summed E-state index contributed by atoms with van der Waals surface area (Å²) in [4.78, 5) is 10.7. The van der Waals surface area contributed by atoms with Crippen molar-refractivity contribution in [3.8, 4) is 11.5 Å². The number of nitrogens with one attached hydrogen (secondary N) is 1. The molecule has 1 amide bonds. The van der Waals surface area contributed by atoms with Crippen LogP contribution in [0.5, 0.6) is 11.5 Å². The van der Waals surface area contributed by atoms with Gasteiger partial charge in [-0.15, -0.1) is 0 Å². The van der Waals surface area contributed by atoms with Crippen molar-refractivity contribution in [3.05, 3.63) is 52.5 Å². The summed E-state index contributed by atoms with van der Waals surface area (Å²) in [7, 11) is 0. The lowest BCUT2D eigenvalue weighted by molar-refractivity contribution is -0.119. The van der Waals surface area contributed by atoms with Gasteiger partial charge in [-0.3, -0.25) is 4.79 Å². The first kappa shape index (κ1) is 15.2.